The lowest BCUT2D eigenvalue weighted by Crippen LogP contribution is -2.11. The summed E-state index contributed by atoms with van der Waals surface area (Å²) in [6.45, 7) is 0. The van der Waals surface area contributed by atoms with Crippen LogP contribution in [0.2, 0.25) is 0 Å². The van der Waals surface area contributed by atoms with Crippen LogP contribution in [0.1, 0.15) is 16.5 Å². The summed E-state index contributed by atoms with van der Waals surface area (Å²) in [5, 5.41) is 1.95. The van der Waals surface area contributed by atoms with Crippen LogP contribution in [0.5, 0.6) is 5.75 Å². The van der Waals surface area contributed by atoms with Gasteiger partial charge in [0.05, 0.1) is 13.2 Å². The standard InChI is InChI=1S/C12H12FNOS/c1-15-10-5-4-8(13)7-9(10)12(14)11-3-2-6-16-11/h2-7,12H,14H2,1H3/t12-/m1/s1. The molecular formula is C12H12FNOS. The van der Waals surface area contributed by atoms with Crippen LogP contribution in [0.4, 0.5) is 4.39 Å². The van der Waals surface area contributed by atoms with E-state index in [4.69, 9.17) is 10.5 Å². The molecule has 2 aromatic rings. The van der Waals surface area contributed by atoms with E-state index < -0.39 is 0 Å². The van der Waals surface area contributed by atoms with Crippen LogP contribution >= 0.6 is 11.3 Å². The highest BCUT2D eigenvalue weighted by atomic mass is 32.1. The van der Waals surface area contributed by atoms with Crippen molar-refractivity contribution >= 4 is 11.3 Å². The second-order valence-electron chi connectivity index (χ2n) is 3.38. The summed E-state index contributed by atoms with van der Waals surface area (Å²) >= 11 is 1.55. The molecule has 0 aliphatic carbocycles. The SMILES string of the molecule is COc1ccc(F)cc1[C@@H](N)c1cccs1. The summed E-state index contributed by atoms with van der Waals surface area (Å²) < 4.78 is 18.4. The molecule has 2 nitrogen and oxygen atoms in total. The van der Waals surface area contributed by atoms with Crippen LogP contribution in [-0.4, -0.2) is 7.11 Å². The molecule has 0 aliphatic rings. The third-order valence-corrected chi connectivity index (χ3v) is 3.33. The maximum atomic E-state index is 13.2. The zero-order chi connectivity index (χ0) is 11.5. The van der Waals surface area contributed by atoms with Crippen molar-refractivity contribution in [3.63, 3.8) is 0 Å². The van der Waals surface area contributed by atoms with Gasteiger partial charge < -0.3 is 10.5 Å². The molecule has 16 heavy (non-hydrogen) atoms. The molecule has 0 radical (unpaired) electrons. The monoisotopic (exact) mass is 237 g/mol. The molecule has 2 rings (SSSR count). The van der Waals surface area contributed by atoms with E-state index >= 15 is 0 Å². The van der Waals surface area contributed by atoms with Crippen molar-refractivity contribution in [2.75, 3.05) is 7.11 Å². The Balaban J connectivity index is 2.42. The molecule has 1 atom stereocenters. The number of halogens is 1. The molecule has 0 spiro atoms. The smallest absolute Gasteiger partial charge is 0.124 e. The van der Waals surface area contributed by atoms with Crippen molar-refractivity contribution in [3.8, 4) is 5.75 Å². The summed E-state index contributed by atoms with van der Waals surface area (Å²) in [5.74, 6) is 0.310. The molecule has 4 heteroatoms. The molecule has 84 valence electrons. The highest BCUT2D eigenvalue weighted by molar-refractivity contribution is 7.10. The first-order chi connectivity index (χ1) is 7.72. The van der Waals surface area contributed by atoms with Gasteiger partial charge in [0, 0.05) is 10.4 Å². The molecule has 0 saturated carbocycles. The fraction of sp³-hybridized carbons (Fsp3) is 0.167. The molecule has 0 unspecified atom stereocenters. The number of nitrogens with two attached hydrogens (primary N) is 1. The van der Waals surface area contributed by atoms with Gasteiger partial charge in [-0.25, -0.2) is 4.39 Å². The second kappa shape index (κ2) is 4.63. The molecular weight excluding hydrogens is 225 g/mol. The predicted octanol–water partition coefficient (Wildman–Crippen LogP) is 2.94. The first-order valence-electron chi connectivity index (χ1n) is 4.85. The van der Waals surface area contributed by atoms with Crippen molar-refractivity contribution in [1.82, 2.24) is 0 Å². The number of thiophene rings is 1. The number of methoxy groups -OCH3 is 1. The van der Waals surface area contributed by atoms with Gasteiger partial charge in [-0.3, -0.25) is 0 Å². The van der Waals surface area contributed by atoms with Gasteiger partial charge in [-0.1, -0.05) is 6.07 Å². The van der Waals surface area contributed by atoms with E-state index in [1.54, 1.807) is 24.5 Å². The van der Waals surface area contributed by atoms with Crippen LogP contribution in [-0.2, 0) is 0 Å². The Hall–Kier alpha value is -1.39. The van der Waals surface area contributed by atoms with Crippen molar-refractivity contribution in [3.05, 3.63) is 52.0 Å². The number of ether oxygens (including phenoxy) is 1. The maximum absolute atomic E-state index is 13.2. The van der Waals surface area contributed by atoms with E-state index in [-0.39, 0.29) is 11.9 Å². The van der Waals surface area contributed by atoms with E-state index in [0.29, 0.717) is 11.3 Å². The molecule has 1 aromatic carbocycles. The van der Waals surface area contributed by atoms with Gasteiger partial charge in [-0.2, -0.15) is 0 Å². The number of hydrogen-bond acceptors (Lipinski definition) is 3. The highest BCUT2D eigenvalue weighted by Gasteiger charge is 2.15. The Labute approximate surface area is 97.5 Å². The molecule has 0 saturated heterocycles. The molecule has 0 fully saturated rings. The molecule has 1 heterocycles. The Morgan fingerprint density at radius 3 is 2.81 bits per heavy atom. The lowest BCUT2D eigenvalue weighted by atomic mass is 10.0. The normalized spacial score (nSPS) is 12.4. The molecule has 0 amide bonds. The molecule has 0 bridgehead atoms. The van der Waals surface area contributed by atoms with Crippen molar-refractivity contribution in [1.29, 1.82) is 0 Å². The lowest BCUT2D eigenvalue weighted by molar-refractivity contribution is 0.406. The van der Waals surface area contributed by atoms with Crippen molar-refractivity contribution < 1.29 is 9.13 Å². The van der Waals surface area contributed by atoms with E-state index in [2.05, 4.69) is 0 Å². The largest absolute Gasteiger partial charge is 0.496 e. The van der Waals surface area contributed by atoms with Gasteiger partial charge in [0.25, 0.3) is 0 Å². The average molecular weight is 237 g/mol. The fourth-order valence-corrected chi connectivity index (χ4v) is 2.31. The van der Waals surface area contributed by atoms with E-state index in [1.807, 2.05) is 17.5 Å². The fourth-order valence-electron chi connectivity index (χ4n) is 1.57. The Morgan fingerprint density at radius 2 is 2.19 bits per heavy atom. The highest BCUT2D eigenvalue weighted by Crippen LogP contribution is 2.30. The van der Waals surface area contributed by atoms with Crippen LogP contribution < -0.4 is 10.5 Å². The third kappa shape index (κ3) is 2.08. The van der Waals surface area contributed by atoms with Crippen LogP contribution in [0, 0.1) is 5.82 Å². The van der Waals surface area contributed by atoms with Crippen molar-refractivity contribution in [2.45, 2.75) is 6.04 Å². The minimum atomic E-state index is -0.342. The van der Waals surface area contributed by atoms with Crippen LogP contribution in [0.25, 0.3) is 0 Å². The first-order valence-corrected chi connectivity index (χ1v) is 5.72. The zero-order valence-electron chi connectivity index (χ0n) is 8.81. The van der Waals surface area contributed by atoms with Crippen LogP contribution in [0.15, 0.2) is 35.7 Å². The van der Waals surface area contributed by atoms with Crippen LogP contribution in [0.3, 0.4) is 0 Å². The van der Waals surface area contributed by atoms with Gasteiger partial charge in [0.1, 0.15) is 11.6 Å². The van der Waals surface area contributed by atoms with Crippen molar-refractivity contribution in [2.24, 2.45) is 5.73 Å². The molecule has 2 N–H and O–H groups in total. The minimum absolute atomic E-state index is 0.303. The van der Waals surface area contributed by atoms with Gasteiger partial charge in [-0.05, 0) is 29.6 Å². The Morgan fingerprint density at radius 1 is 1.38 bits per heavy atom. The second-order valence-corrected chi connectivity index (χ2v) is 4.36. The van der Waals surface area contributed by atoms with E-state index in [0.717, 1.165) is 4.88 Å². The van der Waals surface area contributed by atoms with Gasteiger partial charge in [0.15, 0.2) is 0 Å². The summed E-state index contributed by atoms with van der Waals surface area (Å²) in [5.41, 5.74) is 6.74. The summed E-state index contributed by atoms with van der Waals surface area (Å²) in [6, 6.07) is 7.89. The molecule has 0 aliphatic heterocycles. The topological polar surface area (TPSA) is 35.2 Å². The average Bonchev–Trinajstić information content (AvgIpc) is 2.81. The Kier molecular flexibility index (Phi) is 3.22. The zero-order valence-corrected chi connectivity index (χ0v) is 9.63. The summed E-state index contributed by atoms with van der Waals surface area (Å²) in [6.07, 6.45) is 0. The van der Waals surface area contributed by atoms with E-state index in [1.165, 1.54) is 12.1 Å². The van der Waals surface area contributed by atoms with Gasteiger partial charge in [-0.15, -0.1) is 11.3 Å². The van der Waals surface area contributed by atoms with E-state index in [9.17, 15) is 4.39 Å². The van der Waals surface area contributed by atoms with Gasteiger partial charge in [0.2, 0.25) is 0 Å². The third-order valence-electron chi connectivity index (χ3n) is 2.38. The quantitative estimate of drug-likeness (QED) is 0.890. The lowest BCUT2D eigenvalue weighted by Gasteiger charge is -2.14. The number of hydrogen-bond donors (Lipinski definition) is 1. The summed E-state index contributed by atoms with van der Waals surface area (Å²) in [4.78, 5) is 0.990. The maximum Gasteiger partial charge on any atom is 0.124 e. The summed E-state index contributed by atoms with van der Waals surface area (Å²) in [7, 11) is 1.55. The predicted molar refractivity (Wildman–Crippen MR) is 63.3 cm³/mol. The van der Waals surface area contributed by atoms with Gasteiger partial charge >= 0.3 is 0 Å². The first kappa shape index (κ1) is 11.1. The molecule has 1 aromatic heterocycles. The minimum Gasteiger partial charge on any atom is -0.496 e. The Bertz CT molecular complexity index is 470. The number of benzene rings is 1. The number of rotatable bonds is 3.